The zero-order chi connectivity index (χ0) is 35.0. The summed E-state index contributed by atoms with van der Waals surface area (Å²) in [6.07, 6.45) is 29.3. The molecule has 2 aromatic heterocycles. The Morgan fingerprint density at radius 2 is 1.54 bits per heavy atom. The fourth-order valence-electron chi connectivity index (χ4n) is 7.67. The molecule has 1 unspecified atom stereocenters. The largest absolute Gasteiger partial charge is 0.306 e. The fourth-order valence-corrected chi connectivity index (χ4v) is 7.67. The van der Waals surface area contributed by atoms with Gasteiger partial charge in [0.25, 0.3) is 0 Å². The number of piperidine rings is 1. The second kappa shape index (κ2) is 20.0. The standard InChI is InChI=1S/C45H58N4O/c1-3-4-5-6-7-8-9-10-11-12-14-22-37(44-40-25-18-17-21-36(40)28-31-47-44)23-15-13-16-24-39(34-46)42-35-49(43-27-20-19-26-41(42)43)45(50)38-29-32-48(2)33-30-38/h10-11,17-21,24-28,31,35,37-38H,3-9,12-16,22-23,29-30,32-33H2,1-2H3/b11-10-,39-24+. The first-order valence-electron chi connectivity index (χ1n) is 19.5. The highest BCUT2D eigenvalue weighted by molar-refractivity contribution is 6.02. The number of pyridine rings is 1. The summed E-state index contributed by atoms with van der Waals surface area (Å²) in [5, 5.41) is 13.8. The van der Waals surface area contributed by atoms with Gasteiger partial charge in [0, 0.05) is 40.6 Å². The van der Waals surface area contributed by atoms with Crippen molar-refractivity contribution in [3.05, 3.63) is 96.5 Å². The first kappa shape index (κ1) is 37.3. The molecule has 0 N–H and O–H groups in total. The quantitative estimate of drug-likeness (QED) is 0.0566. The Bertz CT molecular complexity index is 1740. The van der Waals surface area contributed by atoms with E-state index >= 15 is 0 Å². The van der Waals surface area contributed by atoms with Crippen LogP contribution in [0.4, 0.5) is 0 Å². The predicted octanol–water partition coefficient (Wildman–Crippen LogP) is 11.9. The van der Waals surface area contributed by atoms with Crippen LogP contribution in [0.1, 0.15) is 132 Å². The maximum absolute atomic E-state index is 13.6. The number of nitriles is 1. The number of carbonyl (C=O) groups excluding carboxylic acids is 1. The molecule has 50 heavy (non-hydrogen) atoms. The summed E-state index contributed by atoms with van der Waals surface area (Å²) in [6, 6.07) is 21.3. The zero-order valence-corrected chi connectivity index (χ0v) is 30.7. The van der Waals surface area contributed by atoms with Crippen molar-refractivity contribution in [1.82, 2.24) is 14.5 Å². The van der Waals surface area contributed by atoms with Crippen molar-refractivity contribution < 1.29 is 4.79 Å². The van der Waals surface area contributed by atoms with Gasteiger partial charge >= 0.3 is 0 Å². The van der Waals surface area contributed by atoms with Crippen LogP contribution in [-0.2, 0) is 0 Å². The molecule has 3 heterocycles. The maximum Gasteiger partial charge on any atom is 0.234 e. The monoisotopic (exact) mass is 670 g/mol. The van der Waals surface area contributed by atoms with Gasteiger partial charge in [-0.15, -0.1) is 0 Å². The zero-order valence-electron chi connectivity index (χ0n) is 30.7. The number of rotatable bonds is 19. The number of hydrogen-bond donors (Lipinski definition) is 0. The SMILES string of the molecule is CCCCCCCC/C=C\CCCC(CCCC/C=C(\C#N)c1cn(C(=O)C2CCN(C)CC2)c2ccccc12)c1nccc2ccccc12. The molecule has 1 saturated heterocycles. The Morgan fingerprint density at radius 1 is 0.860 bits per heavy atom. The molecule has 0 bridgehead atoms. The number of allylic oxidation sites excluding steroid dienone is 4. The van der Waals surface area contributed by atoms with Crippen LogP contribution in [-0.4, -0.2) is 40.5 Å². The summed E-state index contributed by atoms with van der Waals surface area (Å²) in [6.45, 7) is 4.16. The molecular weight excluding hydrogens is 613 g/mol. The van der Waals surface area contributed by atoms with E-state index in [2.05, 4.69) is 73.5 Å². The Hall–Kier alpha value is -4.01. The van der Waals surface area contributed by atoms with Crippen molar-refractivity contribution in [2.24, 2.45) is 5.92 Å². The van der Waals surface area contributed by atoms with Crippen molar-refractivity contribution in [2.75, 3.05) is 20.1 Å². The first-order chi connectivity index (χ1) is 24.6. The van der Waals surface area contributed by atoms with Crippen molar-refractivity contribution in [1.29, 1.82) is 5.26 Å². The molecule has 0 spiro atoms. The molecule has 2 aromatic carbocycles. The van der Waals surface area contributed by atoms with E-state index in [0.717, 1.165) is 80.9 Å². The number of unbranched alkanes of at least 4 members (excludes halogenated alkanes) is 9. The van der Waals surface area contributed by atoms with Gasteiger partial charge in [-0.3, -0.25) is 14.3 Å². The average Bonchev–Trinajstić information content (AvgIpc) is 3.53. The molecule has 4 aromatic rings. The Morgan fingerprint density at radius 3 is 2.34 bits per heavy atom. The number of likely N-dealkylation sites (tertiary alicyclic amines) is 1. The molecule has 1 aliphatic rings. The molecular formula is C45H58N4O. The lowest BCUT2D eigenvalue weighted by atomic mass is 9.89. The highest BCUT2D eigenvalue weighted by atomic mass is 16.2. The van der Waals surface area contributed by atoms with Crippen molar-refractivity contribution in [2.45, 2.75) is 116 Å². The van der Waals surface area contributed by atoms with Gasteiger partial charge < -0.3 is 4.90 Å². The number of fused-ring (bicyclic) bond motifs is 2. The van der Waals surface area contributed by atoms with Crippen LogP contribution >= 0.6 is 0 Å². The molecule has 0 radical (unpaired) electrons. The van der Waals surface area contributed by atoms with Gasteiger partial charge in [0.1, 0.15) is 0 Å². The smallest absolute Gasteiger partial charge is 0.234 e. The van der Waals surface area contributed by atoms with Crippen LogP contribution in [0.15, 0.2) is 85.2 Å². The molecule has 0 aliphatic carbocycles. The lowest BCUT2D eigenvalue weighted by molar-refractivity contribution is 0.0774. The van der Waals surface area contributed by atoms with E-state index in [4.69, 9.17) is 4.98 Å². The maximum atomic E-state index is 13.6. The second-order valence-corrected chi connectivity index (χ2v) is 14.4. The molecule has 0 amide bonds. The lowest BCUT2D eigenvalue weighted by Gasteiger charge is -2.28. The molecule has 5 heteroatoms. The fraction of sp³-hybridized carbons (Fsp3) is 0.489. The predicted molar refractivity (Wildman–Crippen MR) is 210 cm³/mol. The van der Waals surface area contributed by atoms with Crippen molar-refractivity contribution in [3.63, 3.8) is 0 Å². The van der Waals surface area contributed by atoms with E-state index in [1.165, 1.54) is 67.8 Å². The summed E-state index contributed by atoms with van der Waals surface area (Å²) in [5.74, 6) is 0.588. The topological polar surface area (TPSA) is 61.9 Å². The second-order valence-electron chi connectivity index (χ2n) is 14.4. The van der Waals surface area contributed by atoms with E-state index in [1.807, 2.05) is 41.2 Å². The Labute approximate surface area is 301 Å². The number of aromatic nitrogens is 2. The number of hydrogen-bond acceptors (Lipinski definition) is 4. The molecule has 1 fully saturated rings. The third-order valence-corrected chi connectivity index (χ3v) is 10.7. The number of benzene rings is 2. The van der Waals surface area contributed by atoms with Gasteiger partial charge in [-0.25, -0.2) is 0 Å². The Kier molecular flexibility index (Phi) is 14.9. The van der Waals surface area contributed by atoms with Crippen molar-refractivity contribution >= 4 is 33.2 Å². The van der Waals surface area contributed by atoms with Gasteiger partial charge in [-0.2, -0.15) is 5.26 Å². The average molecular weight is 671 g/mol. The minimum absolute atomic E-state index is 0.0228. The van der Waals surface area contributed by atoms with Crippen LogP contribution in [0.2, 0.25) is 0 Å². The van der Waals surface area contributed by atoms with Crippen LogP contribution < -0.4 is 0 Å². The van der Waals surface area contributed by atoms with Gasteiger partial charge in [0.15, 0.2) is 0 Å². The summed E-state index contributed by atoms with van der Waals surface area (Å²) in [7, 11) is 2.12. The minimum Gasteiger partial charge on any atom is -0.306 e. The molecule has 5 rings (SSSR count). The van der Waals surface area contributed by atoms with Crippen LogP contribution in [0, 0.1) is 17.2 Å². The molecule has 5 nitrogen and oxygen atoms in total. The van der Waals surface area contributed by atoms with E-state index < -0.39 is 0 Å². The van der Waals surface area contributed by atoms with Gasteiger partial charge in [0.2, 0.25) is 5.91 Å². The Balaban J connectivity index is 1.19. The van der Waals surface area contributed by atoms with Crippen LogP contribution in [0.3, 0.4) is 0 Å². The lowest BCUT2D eigenvalue weighted by Crippen LogP contribution is -2.35. The third kappa shape index (κ3) is 10.3. The van der Waals surface area contributed by atoms with E-state index in [-0.39, 0.29) is 11.8 Å². The molecule has 264 valence electrons. The summed E-state index contributed by atoms with van der Waals surface area (Å²) < 4.78 is 1.82. The summed E-state index contributed by atoms with van der Waals surface area (Å²) in [4.78, 5) is 20.9. The molecule has 1 atom stereocenters. The van der Waals surface area contributed by atoms with E-state index in [0.29, 0.717) is 11.5 Å². The molecule has 0 saturated carbocycles. The number of nitrogens with zero attached hydrogens (tertiary/aromatic N) is 4. The van der Waals surface area contributed by atoms with Crippen LogP contribution in [0.25, 0.3) is 27.2 Å². The summed E-state index contributed by atoms with van der Waals surface area (Å²) in [5.41, 5.74) is 3.66. The number of carbonyl (C=O) groups is 1. The molecule has 1 aliphatic heterocycles. The van der Waals surface area contributed by atoms with E-state index in [1.54, 1.807) is 0 Å². The highest BCUT2D eigenvalue weighted by Crippen LogP contribution is 2.33. The normalized spacial score (nSPS) is 15.3. The number of para-hydroxylation sites is 1. The highest BCUT2D eigenvalue weighted by Gasteiger charge is 2.26. The third-order valence-electron chi connectivity index (χ3n) is 10.7. The van der Waals surface area contributed by atoms with E-state index in [9.17, 15) is 10.1 Å². The van der Waals surface area contributed by atoms with Crippen molar-refractivity contribution in [3.8, 4) is 6.07 Å². The van der Waals surface area contributed by atoms with Crippen LogP contribution in [0.5, 0.6) is 0 Å². The first-order valence-corrected chi connectivity index (χ1v) is 19.5. The minimum atomic E-state index is 0.0228. The van der Waals surface area contributed by atoms with Gasteiger partial charge in [-0.1, -0.05) is 106 Å². The van der Waals surface area contributed by atoms with Gasteiger partial charge in [-0.05, 0) is 102 Å². The summed E-state index contributed by atoms with van der Waals surface area (Å²) >= 11 is 0. The van der Waals surface area contributed by atoms with Gasteiger partial charge in [0.05, 0.1) is 22.9 Å².